The number of nitriles is 1. The summed E-state index contributed by atoms with van der Waals surface area (Å²) in [5.41, 5.74) is -1.36. The summed E-state index contributed by atoms with van der Waals surface area (Å²) in [7, 11) is -3.80. The second-order valence-electron chi connectivity index (χ2n) is 7.48. The first-order chi connectivity index (χ1) is 15.6. The van der Waals surface area contributed by atoms with Gasteiger partial charge in [0.15, 0.2) is 5.78 Å². The van der Waals surface area contributed by atoms with E-state index in [4.69, 9.17) is 5.26 Å². The zero-order valence-electron chi connectivity index (χ0n) is 18.2. The van der Waals surface area contributed by atoms with Crippen LogP contribution in [0.1, 0.15) is 29.8 Å². The number of carbonyl (C=O) groups is 2. The molecular weight excluding hydrogens is 450 g/mol. The average molecular weight is 474 g/mol. The number of Topliss-reactive ketones (excluding diaryl/α,β-unsaturated/α-hetero) is 1. The van der Waals surface area contributed by atoms with E-state index < -0.39 is 33.7 Å². The van der Waals surface area contributed by atoms with Crippen LogP contribution in [-0.2, 0) is 27.9 Å². The fraction of sp³-hybridized carbons (Fsp3) is 0.381. The molecule has 1 aromatic carbocycles. The Bertz CT molecular complexity index is 1340. The fourth-order valence-electron chi connectivity index (χ4n) is 3.52. The molecule has 1 aliphatic heterocycles. The van der Waals surface area contributed by atoms with Gasteiger partial charge in [0.05, 0.1) is 4.90 Å². The highest BCUT2D eigenvalue weighted by atomic mass is 32.2. The number of aryl methyl sites for hydroxylation is 1. The number of rotatable bonds is 6. The summed E-state index contributed by atoms with van der Waals surface area (Å²) in [5, 5.41) is 9.13. The molecule has 3 rings (SSSR count). The Morgan fingerprint density at radius 3 is 2.18 bits per heavy atom. The van der Waals surface area contributed by atoms with Crippen molar-refractivity contribution in [1.29, 1.82) is 5.26 Å². The molecule has 1 aromatic heterocycles. The Morgan fingerprint density at radius 2 is 1.67 bits per heavy atom. The van der Waals surface area contributed by atoms with Gasteiger partial charge in [0.2, 0.25) is 15.9 Å². The minimum atomic E-state index is -3.80. The molecule has 0 spiro atoms. The smallest absolute Gasteiger partial charge is 0.331 e. The lowest BCUT2D eigenvalue weighted by atomic mass is 10.2. The molecule has 0 atom stereocenters. The number of amides is 1. The molecule has 33 heavy (non-hydrogen) atoms. The van der Waals surface area contributed by atoms with Crippen LogP contribution in [0.5, 0.6) is 0 Å². The normalized spacial score (nSPS) is 14.6. The number of piperazine rings is 1. The first-order valence-corrected chi connectivity index (χ1v) is 11.7. The van der Waals surface area contributed by atoms with Gasteiger partial charge >= 0.3 is 5.69 Å². The summed E-state index contributed by atoms with van der Waals surface area (Å²) in [6.07, 6.45) is 1.16. The van der Waals surface area contributed by atoms with Crippen molar-refractivity contribution in [1.82, 2.24) is 18.3 Å². The van der Waals surface area contributed by atoms with Gasteiger partial charge in [-0.15, -0.1) is 0 Å². The molecule has 1 fully saturated rings. The minimum absolute atomic E-state index is 0.0366. The Morgan fingerprint density at radius 1 is 1.06 bits per heavy atom. The van der Waals surface area contributed by atoms with Gasteiger partial charge in [0.25, 0.3) is 5.56 Å². The summed E-state index contributed by atoms with van der Waals surface area (Å²) < 4.78 is 28.9. The lowest BCUT2D eigenvalue weighted by molar-refractivity contribution is -0.133. The highest BCUT2D eigenvalue weighted by Crippen LogP contribution is 2.18. The van der Waals surface area contributed by atoms with Crippen LogP contribution in [0.2, 0.25) is 0 Å². The van der Waals surface area contributed by atoms with E-state index in [1.54, 1.807) is 13.0 Å². The van der Waals surface area contributed by atoms with Crippen molar-refractivity contribution in [3.63, 3.8) is 0 Å². The van der Waals surface area contributed by atoms with Gasteiger partial charge in [0.1, 0.15) is 18.2 Å². The lowest BCUT2D eigenvalue weighted by Gasteiger charge is -2.34. The molecule has 1 aliphatic rings. The van der Waals surface area contributed by atoms with Crippen LogP contribution < -0.4 is 11.2 Å². The van der Waals surface area contributed by atoms with E-state index in [2.05, 4.69) is 0 Å². The van der Waals surface area contributed by atoms with E-state index in [-0.39, 0.29) is 49.0 Å². The molecule has 11 nitrogen and oxygen atoms in total. The van der Waals surface area contributed by atoms with Gasteiger partial charge in [-0.05, 0) is 26.0 Å². The van der Waals surface area contributed by atoms with Crippen molar-refractivity contribution in [3.8, 4) is 6.07 Å². The van der Waals surface area contributed by atoms with Gasteiger partial charge in [-0.25, -0.2) is 17.8 Å². The number of carbonyl (C=O) groups excluding carboxylic acids is 2. The predicted octanol–water partition coefficient (Wildman–Crippen LogP) is -0.363. The Labute approximate surface area is 190 Å². The van der Waals surface area contributed by atoms with E-state index in [0.29, 0.717) is 5.56 Å². The van der Waals surface area contributed by atoms with E-state index in [9.17, 15) is 27.6 Å². The zero-order chi connectivity index (χ0) is 24.3. The van der Waals surface area contributed by atoms with E-state index in [0.717, 1.165) is 10.8 Å². The van der Waals surface area contributed by atoms with E-state index in [1.807, 2.05) is 0 Å². The molecule has 2 heterocycles. The van der Waals surface area contributed by atoms with Gasteiger partial charge in [-0.2, -0.15) is 9.57 Å². The van der Waals surface area contributed by atoms with Crippen LogP contribution in [0.25, 0.3) is 0 Å². The number of hydrogen-bond acceptors (Lipinski definition) is 7. The molecule has 0 N–H and O–H groups in total. The molecule has 0 saturated carbocycles. The number of ketones is 1. The standard InChI is InChI=1S/C21H23N5O6S/c1-3-23-13-17(12-22)20(29)26(21(23)30)14-19(28)24-8-10-25(11-9-24)33(31,32)18-6-4-16(5-7-18)15(2)27/h4-7,13H,3,8-11,14H2,1-2H3. The van der Waals surface area contributed by atoms with Gasteiger partial charge in [-0.1, -0.05) is 12.1 Å². The maximum Gasteiger partial charge on any atom is 0.331 e. The molecule has 0 radical (unpaired) electrons. The van der Waals surface area contributed by atoms with Crippen LogP contribution in [0, 0.1) is 11.3 Å². The van der Waals surface area contributed by atoms with Crippen molar-refractivity contribution in [3.05, 3.63) is 62.4 Å². The first kappa shape index (κ1) is 24.1. The molecule has 1 saturated heterocycles. The maximum atomic E-state index is 12.9. The number of aromatic nitrogens is 2. The van der Waals surface area contributed by atoms with Crippen LogP contribution in [-0.4, -0.2) is 64.6 Å². The topological polar surface area (TPSA) is 143 Å². The minimum Gasteiger partial charge on any atom is -0.338 e. The number of nitrogens with zero attached hydrogens (tertiary/aromatic N) is 5. The monoisotopic (exact) mass is 473 g/mol. The van der Waals surface area contributed by atoms with Crippen molar-refractivity contribution >= 4 is 21.7 Å². The zero-order valence-corrected chi connectivity index (χ0v) is 19.0. The third kappa shape index (κ3) is 4.79. The van der Waals surface area contributed by atoms with Crippen molar-refractivity contribution in [2.45, 2.75) is 31.8 Å². The largest absolute Gasteiger partial charge is 0.338 e. The van der Waals surface area contributed by atoms with Crippen molar-refractivity contribution in [2.75, 3.05) is 26.2 Å². The summed E-state index contributed by atoms with van der Waals surface area (Å²) in [4.78, 5) is 50.4. The molecule has 12 heteroatoms. The summed E-state index contributed by atoms with van der Waals surface area (Å²) in [6.45, 7) is 2.99. The van der Waals surface area contributed by atoms with Crippen LogP contribution >= 0.6 is 0 Å². The number of sulfonamides is 1. The molecule has 0 bridgehead atoms. The molecule has 174 valence electrons. The van der Waals surface area contributed by atoms with Crippen molar-refractivity contribution in [2.24, 2.45) is 0 Å². The SMILES string of the molecule is CCn1cc(C#N)c(=O)n(CC(=O)N2CCN(S(=O)(=O)c3ccc(C(C)=O)cc3)CC2)c1=O. The molecular formula is C21H23N5O6S. The van der Waals surface area contributed by atoms with Gasteiger partial charge in [-0.3, -0.25) is 19.0 Å². The lowest BCUT2D eigenvalue weighted by Crippen LogP contribution is -2.52. The second kappa shape index (κ2) is 9.51. The number of benzene rings is 1. The highest BCUT2D eigenvalue weighted by Gasteiger charge is 2.30. The molecule has 0 unspecified atom stereocenters. The van der Waals surface area contributed by atoms with E-state index >= 15 is 0 Å². The van der Waals surface area contributed by atoms with Crippen LogP contribution in [0.15, 0.2) is 44.9 Å². The first-order valence-electron chi connectivity index (χ1n) is 10.2. The van der Waals surface area contributed by atoms with Crippen LogP contribution in [0.4, 0.5) is 0 Å². The Hall–Kier alpha value is -3.56. The second-order valence-corrected chi connectivity index (χ2v) is 9.42. The highest BCUT2D eigenvalue weighted by molar-refractivity contribution is 7.89. The summed E-state index contributed by atoms with van der Waals surface area (Å²) in [6, 6.07) is 7.37. The molecule has 2 aromatic rings. The summed E-state index contributed by atoms with van der Waals surface area (Å²) in [5.74, 6) is -0.689. The number of hydrogen-bond donors (Lipinski definition) is 0. The summed E-state index contributed by atoms with van der Waals surface area (Å²) >= 11 is 0. The fourth-order valence-corrected chi connectivity index (χ4v) is 4.94. The Kier molecular flexibility index (Phi) is 6.95. The van der Waals surface area contributed by atoms with Crippen molar-refractivity contribution < 1.29 is 18.0 Å². The predicted molar refractivity (Wildman–Crippen MR) is 117 cm³/mol. The van der Waals surface area contributed by atoms with Gasteiger partial charge in [0, 0.05) is 44.5 Å². The third-order valence-corrected chi connectivity index (χ3v) is 7.39. The average Bonchev–Trinajstić information content (AvgIpc) is 2.82. The van der Waals surface area contributed by atoms with Crippen LogP contribution in [0.3, 0.4) is 0 Å². The van der Waals surface area contributed by atoms with Gasteiger partial charge < -0.3 is 4.90 Å². The quantitative estimate of drug-likeness (QED) is 0.521. The Balaban J connectivity index is 1.72. The van der Waals surface area contributed by atoms with E-state index in [1.165, 1.54) is 45.0 Å². The molecule has 1 amide bonds. The maximum absolute atomic E-state index is 12.9. The third-order valence-electron chi connectivity index (χ3n) is 5.48. The molecule has 0 aliphatic carbocycles.